The third-order valence-corrected chi connectivity index (χ3v) is 5.07. The van der Waals surface area contributed by atoms with Crippen LogP contribution in [0.2, 0.25) is 0 Å². The fourth-order valence-corrected chi connectivity index (χ4v) is 3.57. The van der Waals surface area contributed by atoms with Crippen LogP contribution >= 0.6 is 0 Å². The van der Waals surface area contributed by atoms with Gasteiger partial charge in [-0.05, 0) is 31.2 Å². The van der Waals surface area contributed by atoms with Crippen LogP contribution in [-0.4, -0.2) is 24.6 Å². The van der Waals surface area contributed by atoms with Gasteiger partial charge in [0.25, 0.3) is 0 Å². The van der Waals surface area contributed by atoms with Gasteiger partial charge in [0.15, 0.2) is 5.79 Å². The predicted molar refractivity (Wildman–Crippen MR) is 91.0 cm³/mol. The minimum atomic E-state index is -0.562. The average molecular weight is 316 g/mol. The fraction of sp³-hybridized carbons (Fsp3) is 0.600. The Kier molecular flexibility index (Phi) is 5.52. The molecule has 1 aromatic rings. The van der Waals surface area contributed by atoms with Gasteiger partial charge in [0.05, 0.1) is 19.3 Å². The number of benzene rings is 1. The molecule has 0 aliphatic carbocycles. The first kappa shape index (κ1) is 16.7. The van der Waals surface area contributed by atoms with Gasteiger partial charge in [-0.15, -0.1) is 6.58 Å². The minimum Gasteiger partial charge on any atom is -0.368 e. The summed E-state index contributed by atoms with van der Waals surface area (Å²) < 4.78 is 18.8. The highest BCUT2D eigenvalue weighted by Gasteiger charge is 2.48. The normalized spacial score (nSPS) is 32.6. The van der Waals surface area contributed by atoms with Crippen LogP contribution in [0.25, 0.3) is 0 Å². The molecule has 2 saturated heterocycles. The molecule has 2 fully saturated rings. The third-order valence-electron chi connectivity index (χ3n) is 5.07. The lowest BCUT2D eigenvalue weighted by Gasteiger charge is -2.49. The summed E-state index contributed by atoms with van der Waals surface area (Å²) >= 11 is 0. The quantitative estimate of drug-likeness (QED) is 0.750. The summed E-state index contributed by atoms with van der Waals surface area (Å²) in [5.41, 5.74) is 1.19. The van der Waals surface area contributed by atoms with E-state index in [2.05, 4.69) is 25.6 Å². The van der Waals surface area contributed by atoms with E-state index in [0.717, 1.165) is 38.7 Å². The van der Waals surface area contributed by atoms with E-state index in [9.17, 15) is 0 Å². The van der Waals surface area contributed by atoms with Crippen LogP contribution in [0.1, 0.15) is 44.6 Å². The van der Waals surface area contributed by atoms with E-state index in [1.165, 1.54) is 5.56 Å². The Morgan fingerprint density at radius 1 is 1.30 bits per heavy atom. The standard InChI is InChI=1S/C20H28O3/c1-3-16(2)18-11-12-19(20(23-18)13-7-8-14-22-20)21-15-17-9-5-4-6-10-17/h3-6,9-10,16,18-19H,1,7-8,11-15H2,2H3/t16-,18+,19-,20-/m1/s1. The van der Waals surface area contributed by atoms with Crippen molar-refractivity contribution >= 4 is 0 Å². The molecule has 0 N–H and O–H groups in total. The summed E-state index contributed by atoms with van der Waals surface area (Å²) in [6, 6.07) is 10.3. The smallest absolute Gasteiger partial charge is 0.194 e. The van der Waals surface area contributed by atoms with Gasteiger partial charge in [0, 0.05) is 12.3 Å². The molecule has 3 nitrogen and oxygen atoms in total. The van der Waals surface area contributed by atoms with Crippen LogP contribution in [0.5, 0.6) is 0 Å². The maximum Gasteiger partial charge on any atom is 0.194 e. The molecule has 3 rings (SSSR count). The van der Waals surface area contributed by atoms with E-state index in [-0.39, 0.29) is 12.2 Å². The van der Waals surface area contributed by atoms with Crippen LogP contribution in [-0.2, 0) is 20.8 Å². The molecular formula is C20H28O3. The summed E-state index contributed by atoms with van der Waals surface area (Å²) in [4.78, 5) is 0. The Morgan fingerprint density at radius 3 is 2.83 bits per heavy atom. The van der Waals surface area contributed by atoms with E-state index >= 15 is 0 Å². The van der Waals surface area contributed by atoms with Gasteiger partial charge >= 0.3 is 0 Å². The number of rotatable bonds is 5. The van der Waals surface area contributed by atoms with Crippen LogP contribution in [0.15, 0.2) is 43.0 Å². The Bertz CT molecular complexity index is 493. The highest BCUT2D eigenvalue weighted by Crippen LogP contribution is 2.41. The van der Waals surface area contributed by atoms with Gasteiger partial charge in [-0.25, -0.2) is 0 Å². The molecule has 0 radical (unpaired) electrons. The Balaban J connectivity index is 1.69. The fourth-order valence-electron chi connectivity index (χ4n) is 3.57. The Labute approximate surface area is 139 Å². The lowest BCUT2D eigenvalue weighted by atomic mass is 9.88. The molecule has 0 amide bonds. The zero-order valence-corrected chi connectivity index (χ0v) is 14.1. The molecule has 4 atom stereocenters. The molecule has 2 aliphatic rings. The first-order valence-corrected chi connectivity index (χ1v) is 8.83. The zero-order valence-electron chi connectivity index (χ0n) is 14.1. The first-order chi connectivity index (χ1) is 11.2. The van der Waals surface area contributed by atoms with Crippen molar-refractivity contribution in [3.8, 4) is 0 Å². The molecule has 0 saturated carbocycles. The maximum absolute atomic E-state index is 6.45. The average Bonchev–Trinajstić information content (AvgIpc) is 2.61. The zero-order chi connectivity index (χ0) is 16.1. The second-order valence-corrected chi connectivity index (χ2v) is 6.73. The molecule has 0 unspecified atom stereocenters. The monoisotopic (exact) mass is 316 g/mol. The van der Waals surface area contributed by atoms with Gasteiger partial charge in [0.2, 0.25) is 0 Å². The van der Waals surface area contributed by atoms with Crippen LogP contribution in [0, 0.1) is 5.92 Å². The SMILES string of the molecule is C=C[C@@H](C)[C@@H]1CC[C@@H](OCc2ccccc2)[C@@]2(CCCCO2)O1. The van der Waals surface area contributed by atoms with E-state index in [1.54, 1.807) is 0 Å². The maximum atomic E-state index is 6.45. The molecule has 126 valence electrons. The van der Waals surface area contributed by atoms with E-state index in [0.29, 0.717) is 12.5 Å². The first-order valence-electron chi connectivity index (χ1n) is 8.83. The van der Waals surface area contributed by atoms with E-state index < -0.39 is 5.79 Å². The molecule has 0 bridgehead atoms. The van der Waals surface area contributed by atoms with Crippen molar-refractivity contribution < 1.29 is 14.2 Å². The topological polar surface area (TPSA) is 27.7 Å². The highest BCUT2D eigenvalue weighted by molar-refractivity contribution is 5.13. The molecule has 3 heteroatoms. The van der Waals surface area contributed by atoms with Gasteiger partial charge in [-0.3, -0.25) is 0 Å². The van der Waals surface area contributed by atoms with Crippen molar-refractivity contribution in [1.82, 2.24) is 0 Å². The van der Waals surface area contributed by atoms with Crippen molar-refractivity contribution in [3.05, 3.63) is 48.6 Å². The number of hydrogen-bond acceptors (Lipinski definition) is 3. The molecule has 2 aliphatic heterocycles. The van der Waals surface area contributed by atoms with Gasteiger partial charge in [-0.1, -0.05) is 43.3 Å². The summed E-state index contributed by atoms with van der Waals surface area (Å²) in [5, 5.41) is 0. The largest absolute Gasteiger partial charge is 0.368 e. The van der Waals surface area contributed by atoms with Crippen molar-refractivity contribution in [3.63, 3.8) is 0 Å². The summed E-state index contributed by atoms with van der Waals surface area (Å²) in [6.07, 6.45) is 7.32. The third kappa shape index (κ3) is 3.85. The van der Waals surface area contributed by atoms with Crippen LogP contribution < -0.4 is 0 Å². The second kappa shape index (κ2) is 7.61. The molecule has 1 spiro atoms. The summed E-state index contributed by atoms with van der Waals surface area (Å²) in [6.45, 7) is 7.46. The molecule has 0 aromatic heterocycles. The van der Waals surface area contributed by atoms with Gasteiger partial charge in [0.1, 0.15) is 6.10 Å². The number of ether oxygens (including phenoxy) is 3. The van der Waals surface area contributed by atoms with Crippen LogP contribution in [0.4, 0.5) is 0 Å². The molecule has 1 aromatic carbocycles. The molecular weight excluding hydrogens is 288 g/mol. The van der Waals surface area contributed by atoms with Crippen molar-refractivity contribution in [2.24, 2.45) is 5.92 Å². The minimum absolute atomic E-state index is 0.0104. The van der Waals surface area contributed by atoms with Crippen molar-refractivity contribution in [1.29, 1.82) is 0 Å². The van der Waals surface area contributed by atoms with Gasteiger partial charge in [-0.2, -0.15) is 0 Å². The lowest BCUT2D eigenvalue weighted by Crippen LogP contribution is -2.56. The summed E-state index contributed by atoms with van der Waals surface area (Å²) in [7, 11) is 0. The molecule has 23 heavy (non-hydrogen) atoms. The highest BCUT2D eigenvalue weighted by atomic mass is 16.7. The lowest BCUT2D eigenvalue weighted by molar-refractivity contribution is -0.346. The Morgan fingerprint density at radius 2 is 2.13 bits per heavy atom. The van der Waals surface area contributed by atoms with Crippen LogP contribution in [0.3, 0.4) is 0 Å². The predicted octanol–water partition coefficient (Wildman–Crippen LogP) is 4.47. The van der Waals surface area contributed by atoms with E-state index in [1.807, 2.05) is 24.3 Å². The number of hydrogen-bond donors (Lipinski definition) is 0. The van der Waals surface area contributed by atoms with Crippen molar-refractivity contribution in [2.75, 3.05) is 6.61 Å². The Hall–Kier alpha value is -1.16. The van der Waals surface area contributed by atoms with Crippen molar-refractivity contribution in [2.45, 2.75) is 63.6 Å². The van der Waals surface area contributed by atoms with Gasteiger partial charge < -0.3 is 14.2 Å². The summed E-state index contributed by atoms with van der Waals surface area (Å²) in [5.74, 6) is -0.222. The second-order valence-electron chi connectivity index (χ2n) is 6.73. The van der Waals surface area contributed by atoms with E-state index in [4.69, 9.17) is 14.2 Å². The molecule has 2 heterocycles.